The van der Waals surface area contributed by atoms with Gasteiger partial charge in [-0.05, 0) is 51.6 Å². The third-order valence-corrected chi connectivity index (χ3v) is 4.71. The van der Waals surface area contributed by atoms with Gasteiger partial charge in [-0.2, -0.15) is 0 Å². The average molecular weight is 283 g/mol. The highest BCUT2D eigenvalue weighted by Crippen LogP contribution is 2.28. The molecule has 1 saturated carbocycles. The van der Waals surface area contributed by atoms with Crippen molar-refractivity contribution >= 4 is 5.91 Å². The van der Waals surface area contributed by atoms with Crippen molar-refractivity contribution in [3.8, 4) is 0 Å². The van der Waals surface area contributed by atoms with E-state index in [9.17, 15) is 4.79 Å². The summed E-state index contributed by atoms with van der Waals surface area (Å²) in [5.41, 5.74) is 5.89. The van der Waals surface area contributed by atoms with E-state index in [1.54, 1.807) is 0 Å². The number of hydrogen-bond acceptors (Lipinski definition) is 3. The first kappa shape index (κ1) is 17.4. The third-order valence-electron chi connectivity index (χ3n) is 4.71. The lowest BCUT2D eigenvalue weighted by molar-refractivity contribution is -0.126. The smallest absolute Gasteiger partial charge is 0.237 e. The molecule has 3 unspecified atom stereocenters. The Kier molecular flexibility index (Phi) is 7.52. The average Bonchev–Trinajstić information content (AvgIpc) is 2.45. The fraction of sp³-hybridized carbons (Fsp3) is 0.938. The summed E-state index contributed by atoms with van der Waals surface area (Å²) in [6.45, 7) is 7.87. The Morgan fingerprint density at radius 2 is 1.95 bits per heavy atom. The summed E-state index contributed by atoms with van der Waals surface area (Å²) in [5, 5.41) is 3.05. The molecule has 1 aliphatic rings. The van der Waals surface area contributed by atoms with E-state index in [1.165, 1.54) is 25.7 Å². The van der Waals surface area contributed by atoms with Crippen LogP contribution in [-0.2, 0) is 4.79 Å². The number of carbonyl (C=O) groups is 1. The molecule has 118 valence electrons. The molecular formula is C16H33N3O. The molecule has 1 rings (SSSR count). The second-order valence-electron chi connectivity index (χ2n) is 6.66. The lowest BCUT2D eigenvalue weighted by atomic mass is 9.83. The molecule has 4 heteroatoms. The zero-order valence-corrected chi connectivity index (χ0v) is 13.7. The van der Waals surface area contributed by atoms with Gasteiger partial charge in [-0.1, -0.05) is 26.7 Å². The highest BCUT2D eigenvalue weighted by Gasteiger charge is 2.31. The summed E-state index contributed by atoms with van der Waals surface area (Å²) in [4.78, 5) is 14.5. The van der Waals surface area contributed by atoms with Crippen LogP contribution in [0.2, 0.25) is 0 Å². The van der Waals surface area contributed by atoms with E-state index in [0.29, 0.717) is 17.9 Å². The maximum atomic E-state index is 12.2. The van der Waals surface area contributed by atoms with Gasteiger partial charge in [-0.15, -0.1) is 0 Å². The molecule has 0 saturated heterocycles. The van der Waals surface area contributed by atoms with E-state index in [4.69, 9.17) is 5.73 Å². The number of nitrogens with zero attached hydrogens (tertiary/aromatic N) is 1. The van der Waals surface area contributed by atoms with Crippen LogP contribution in [-0.4, -0.2) is 43.0 Å². The van der Waals surface area contributed by atoms with Crippen LogP contribution in [0.4, 0.5) is 0 Å². The summed E-state index contributed by atoms with van der Waals surface area (Å²) < 4.78 is 0. The van der Waals surface area contributed by atoms with E-state index >= 15 is 0 Å². The van der Waals surface area contributed by atoms with Gasteiger partial charge in [0.25, 0.3) is 0 Å². The van der Waals surface area contributed by atoms with Crippen molar-refractivity contribution in [2.45, 2.75) is 65.0 Å². The number of nitrogens with two attached hydrogens (primary N) is 1. The van der Waals surface area contributed by atoms with Crippen molar-refractivity contribution in [3.63, 3.8) is 0 Å². The van der Waals surface area contributed by atoms with E-state index in [-0.39, 0.29) is 11.9 Å². The Hall–Kier alpha value is -0.610. The van der Waals surface area contributed by atoms with Crippen molar-refractivity contribution in [2.24, 2.45) is 17.6 Å². The fourth-order valence-corrected chi connectivity index (χ4v) is 3.10. The van der Waals surface area contributed by atoms with E-state index in [0.717, 1.165) is 19.5 Å². The number of carbonyl (C=O) groups excluding carboxylic acids is 1. The van der Waals surface area contributed by atoms with Gasteiger partial charge in [0, 0.05) is 12.6 Å². The van der Waals surface area contributed by atoms with Gasteiger partial charge in [0.2, 0.25) is 5.91 Å². The van der Waals surface area contributed by atoms with Crippen molar-refractivity contribution in [3.05, 3.63) is 0 Å². The Bertz CT molecular complexity index is 293. The minimum atomic E-state index is -0.0701. The van der Waals surface area contributed by atoms with E-state index in [2.05, 4.69) is 31.1 Å². The number of amides is 1. The van der Waals surface area contributed by atoms with Crippen LogP contribution in [0.3, 0.4) is 0 Å². The Balaban J connectivity index is 2.47. The van der Waals surface area contributed by atoms with Crippen molar-refractivity contribution in [1.82, 2.24) is 10.2 Å². The Morgan fingerprint density at radius 3 is 2.55 bits per heavy atom. The highest BCUT2D eigenvalue weighted by atomic mass is 16.2. The van der Waals surface area contributed by atoms with Gasteiger partial charge in [0.15, 0.2) is 0 Å². The molecule has 1 fully saturated rings. The van der Waals surface area contributed by atoms with Gasteiger partial charge in [-0.25, -0.2) is 0 Å². The quantitative estimate of drug-likeness (QED) is 0.751. The van der Waals surface area contributed by atoms with Crippen LogP contribution >= 0.6 is 0 Å². The van der Waals surface area contributed by atoms with Crippen LogP contribution in [0, 0.1) is 11.8 Å². The third kappa shape index (κ3) is 5.06. The van der Waals surface area contributed by atoms with E-state index < -0.39 is 0 Å². The molecular weight excluding hydrogens is 250 g/mol. The van der Waals surface area contributed by atoms with Crippen molar-refractivity contribution < 1.29 is 4.79 Å². The standard InChI is InChI=1S/C16H33N3O/c1-12(2)9-10-18-16(20)13(3)19(4)15-8-6-5-7-14(15)11-17/h12-15H,5-11,17H2,1-4H3,(H,18,20). The first-order valence-electron chi connectivity index (χ1n) is 8.17. The number of nitrogens with one attached hydrogen (secondary N) is 1. The molecule has 0 aliphatic heterocycles. The molecule has 0 heterocycles. The number of rotatable bonds is 7. The van der Waals surface area contributed by atoms with Crippen LogP contribution in [0.25, 0.3) is 0 Å². The monoisotopic (exact) mass is 283 g/mol. The second-order valence-corrected chi connectivity index (χ2v) is 6.66. The van der Waals surface area contributed by atoms with Gasteiger partial charge >= 0.3 is 0 Å². The first-order chi connectivity index (χ1) is 9.47. The summed E-state index contributed by atoms with van der Waals surface area (Å²) in [7, 11) is 2.07. The zero-order valence-electron chi connectivity index (χ0n) is 13.7. The number of hydrogen-bond donors (Lipinski definition) is 2. The summed E-state index contributed by atoms with van der Waals surface area (Å²) in [6, 6.07) is 0.388. The molecule has 0 spiro atoms. The topological polar surface area (TPSA) is 58.4 Å². The predicted molar refractivity (Wildman–Crippen MR) is 84.5 cm³/mol. The Labute approximate surface area is 124 Å². The highest BCUT2D eigenvalue weighted by molar-refractivity contribution is 5.81. The summed E-state index contributed by atoms with van der Waals surface area (Å²) in [6.07, 6.45) is 5.95. The van der Waals surface area contributed by atoms with Gasteiger partial charge in [0.1, 0.15) is 0 Å². The molecule has 1 aliphatic carbocycles. The van der Waals surface area contributed by atoms with Crippen LogP contribution in [0.15, 0.2) is 0 Å². The molecule has 0 bridgehead atoms. The van der Waals surface area contributed by atoms with Crippen LogP contribution in [0.5, 0.6) is 0 Å². The van der Waals surface area contributed by atoms with Crippen molar-refractivity contribution in [2.75, 3.05) is 20.1 Å². The van der Waals surface area contributed by atoms with Gasteiger partial charge in [-0.3, -0.25) is 9.69 Å². The largest absolute Gasteiger partial charge is 0.355 e. The Morgan fingerprint density at radius 1 is 1.30 bits per heavy atom. The molecule has 1 amide bonds. The molecule has 4 nitrogen and oxygen atoms in total. The summed E-state index contributed by atoms with van der Waals surface area (Å²) in [5.74, 6) is 1.32. The first-order valence-corrected chi connectivity index (χ1v) is 8.17. The molecule has 3 atom stereocenters. The normalized spacial score (nSPS) is 24.9. The van der Waals surface area contributed by atoms with Crippen LogP contribution in [0.1, 0.15) is 52.9 Å². The fourth-order valence-electron chi connectivity index (χ4n) is 3.10. The molecule has 0 radical (unpaired) electrons. The van der Waals surface area contributed by atoms with Gasteiger partial charge in [0.05, 0.1) is 6.04 Å². The SMILES string of the molecule is CC(C)CCNC(=O)C(C)N(C)C1CCCCC1CN. The lowest BCUT2D eigenvalue weighted by Gasteiger charge is -2.40. The minimum absolute atomic E-state index is 0.0701. The zero-order chi connectivity index (χ0) is 15.1. The maximum Gasteiger partial charge on any atom is 0.237 e. The summed E-state index contributed by atoms with van der Waals surface area (Å²) >= 11 is 0. The molecule has 0 aromatic heterocycles. The van der Waals surface area contributed by atoms with Gasteiger partial charge < -0.3 is 11.1 Å². The molecule has 3 N–H and O–H groups in total. The second kappa shape index (κ2) is 8.63. The molecule has 20 heavy (non-hydrogen) atoms. The molecule has 0 aromatic rings. The van der Waals surface area contributed by atoms with Crippen molar-refractivity contribution in [1.29, 1.82) is 0 Å². The van der Waals surface area contributed by atoms with E-state index in [1.807, 2.05) is 6.92 Å². The lowest BCUT2D eigenvalue weighted by Crippen LogP contribution is -2.52. The predicted octanol–water partition coefficient (Wildman–Crippen LogP) is 1.99. The van der Waals surface area contributed by atoms with Crippen LogP contribution < -0.4 is 11.1 Å². The maximum absolute atomic E-state index is 12.2. The molecule has 0 aromatic carbocycles. The minimum Gasteiger partial charge on any atom is -0.355 e. The number of likely N-dealkylation sites (N-methyl/N-ethyl adjacent to an activating group) is 1.